The van der Waals surface area contributed by atoms with Crippen molar-refractivity contribution in [1.82, 2.24) is 9.36 Å². The van der Waals surface area contributed by atoms with Gasteiger partial charge < -0.3 is 9.71 Å². The van der Waals surface area contributed by atoms with E-state index in [1.54, 1.807) is 12.3 Å². The third-order valence-corrected chi connectivity index (χ3v) is 4.11. The van der Waals surface area contributed by atoms with Gasteiger partial charge in [-0.05, 0) is 35.6 Å². The lowest BCUT2D eigenvalue weighted by Gasteiger charge is -2.05. The van der Waals surface area contributed by atoms with E-state index < -0.39 is 5.82 Å². The number of aromatic amines is 1. The van der Waals surface area contributed by atoms with E-state index in [-0.39, 0.29) is 0 Å². The molecule has 0 fully saturated rings. The molecular weight excluding hydrogens is 283 g/mol. The number of H-pyrrole nitrogens is 1. The molecule has 0 aliphatic carbocycles. The summed E-state index contributed by atoms with van der Waals surface area (Å²) in [4.78, 5) is 3.91. The van der Waals surface area contributed by atoms with Crippen molar-refractivity contribution in [1.29, 1.82) is 5.26 Å². The van der Waals surface area contributed by atoms with Crippen molar-refractivity contribution < 1.29 is 4.39 Å². The Labute approximate surface area is 116 Å². The van der Waals surface area contributed by atoms with Crippen molar-refractivity contribution in [2.45, 2.75) is 4.90 Å². The zero-order chi connectivity index (χ0) is 13.2. The summed E-state index contributed by atoms with van der Waals surface area (Å²) < 4.78 is 20.9. The monoisotopic (exact) mass is 290 g/mol. The van der Waals surface area contributed by atoms with Gasteiger partial charge in [0.2, 0.25) is 0 Å². The van der Waals surface area contributed by atoms with E-state index in [0.29, 0.717) is 16.5 Å². The SMILES string of the molecule is N#Cc1c[nH]c2c(NSc3cnsc3)ccc(F)c12. The maximum absolute atomic E-state index is 13.7. The molecule has 0 saturated heterocycles. The molecule has 2 heterocycles. The van der Waals surface area contributed by atoms with Crippen LogP contribution in [-0.4, -0.2) is 9.36 Å². The molecule has 3 aromatic rings. The van der Waals surface area contributed by atoms with E-state index in [2.05, 4.69) is 14.1 Å². The first-order chi connectivity index (χ1) is 9.29. The van der Waals surface area contributed by atoms with Crippen LogP contribution in [-0.2, 0) is 0 Å². The summed E-state index contributed by atoms with van der Waals surface area (Å²) in [5, 5.41) is 11.2. The number of hydrogen-bond donors (Lipinski definition) is 2. The van der Waals surface area contributed by atoms with Crippen molar-refractivity contribution >= 4 is 40.1 Å². The molecule has 2 aromatic heterocycles. The Bertz CT molecular complexity index is 758. The minimum atomic E-state index is -0.402. The van der Waals surface area contributed by atoms with Crippen molar-refractivity contribution in [3.05, 3.63) is 41.3 Å². The maximum Gasteiger partial charge on any atom is 0.134 e. The van der Waals surface area contributed by atoms with Gasteiger partial charge in [-0.1, -0.05) is 0 Å². The quantitative estimate of drug-likeness (QED) is 0.721. The Kier molecular flexibility index (Phi) is 3.11. The molecule has 0 radical (unpaired) electrons. The van der Waals surface area contributed by atoms with E-state index in [0.717, 1.165) is 10.6 Å². The summed E-state index contributed by atoms with van der Waals surface area (Å²) in [6.45, 7) is 0. The van der Waals surface area contributed by atoms with Crippen LogP contribution in [0.5, 0.6) is 0 Å². The lowest BCUT2D eigenvalue weighted by Crippen LogP contribution is -1.89. The molecule has 94 valence electrons. The minimum absolute atomic E-state index is 0.304. The Hall–Kier alpha value is -2.04. The number of rotatable bonds is 3. The summed E-state index contributed by atoms with van der Waals surface area (Å²) in [7, 11) is 0. The number of anilines is 1. The van der Waals surface area contributed by atoms with Crippen molar-refractivity contribution in [3.63, 3.8) is 0 Å². The van der Waals surface area contributed by atoms with Gasteiger partial charge in [-0.25, -0.2) is 4.39 Å². The molecule has 4 nitrogen and oxygen atoms in total. The van der Waals surface area contributed by atoms with Crippen LogP contribution >= 0.6 is 23.5 Å². The highest BCUT2D eigenvalue weighted by atomic mass is 32.2. The standard InChI is InChI=1S/C12H7FN4S2/c13-9-1-2-10(17-19-8-5-16-18-6-8)12-11(9)7(3-14)4-15-12/h1-2,4-6,15,17H. The number of aromatic nitrogens is 2. The van der Waals surface area contributed by atoms with E-state index >= 15 is 0 Å². The second-order valence-electron chi connectivity index (χ2n) is 3.72. The number of halogens is 1. The molecule has 0 atom stereocenters. The lowest BCUT2D eigenvalue weighted by molar-refractivity contribution is 0.640. The van der Waals surface area contributed by atoms with Gasteiger partial charge in [0.1, 0.15) is 11.9 Å². The molecule has 0 bridgehead atoms. The maximum atomic E-state index is 13.7. The third-order valence-electron chi connectivity index (χ3n) is 2.59. The Morgan fingerprint density at radius 1 is 1.47 bits per heavy atom. The largest absolute Gasteiger partial charge is 0.358 e. The average molecular weight is 290 g/mol. The van der Waals surface area contributed by atoms with Crippen LogP contribution in [0.15, 0.2) is 34.8 Å². The molecule has 0 unspecified atom stereocenters. The number of nitriles is 1. The van der Waals surface area contributed by atoms with Crippen molar-refractivity contribution in [2.24, 2.45) is 0 Å². The molecule has 7 heteroatoms. The number of nitrogens with one attached hydrogen (secondary N) is 2. The van der Waals surface area contributed by atoms with E-state index in [1.807, 2.05) is 11.4 Å². The highest BCUT2D eigenvalue weighted by Gasteiger charge is 2.12. The molecule has 19 heavy (non-hydrogen) atoms. The fraction of sp³-hybridized carbons (Fsp3) is 0. The van der Waals surface area contributed by atoms with Gasteiger partial charge in [0, 0.05) is 11.6 Å². The fourth-order valence-electron chi connectivity index (χ4n) is 1.74. The number of benzene rings is 1. The van der Waals surface area contributed by atoms with Gasteiger partial charge in [0.05, 0.1) is 33.2 Å². The Balaban J connectivity index is 1.98. The Morgan fingerprint density at radius 3 is 3.11 bits per heavy atom. The van der Waals surface area contributed by atoms with Crippen LogP contribution in [0.2, 0.25) is 0 Å². The van der Waals surface area contributed by atoms with E-state index in [1.165, 1.54) is 35.7 Å². The lowest BCUT2D eigenvalue weighted by atomic mass is 10.1. The van der Waals surface area contributed by atoms with Crippen LogP contribution in [0, 0.1) is 17.1 Å². The highest BCUT2D eigenvalue weighted by Crippen LogP contribution is 2.31. The molecule has 0 amide bonds. The topological polar surface area (TPSA) is 64.5 Å². The zero-order valence-corrected chi connectivity index (χ0v) is 11.1. The van der Waals surface area contributed by atoms with E-state index in [9.17, 15) is 4.39 Å². The van der Waals surface area contributed by atoms with Crippen LogP contribution in [0.1, 0.15) is 5.56 Å². The van der Waals surface area contributed by atoms with E-state index in [4.69, 9.17) is 5.26 Å². The van der Waals surface area contributed by atoms with Gasteiger partial charge in [-0.2, -0.15) is 9.64 Å². The summed E-state index contributed by atoms with van der Waals surface area (Å²) in [5.74, 6) is -0.402. The number of nitrogens with zero attached hydrogens (tertiary/aromatic N) is 2. The zero-order valence-electron chi connectivity index (χ0n) is 9.48. The molecule has 1 aromatic carbocycles. The summed E-state index contributed by atoms with van der Waals surface area (Å²) in [5.41, 5.74) is 1.62. The fourth-order valence-corrected chi connectivity index (χ4v) is 3.03. The Morgan fingerprint density at radius 2 is 2.37 bits per heavy atom. The number of hydrogen-bond acceptors (Lipinski definition) is 5. The minimum Gasteiger partial charge on any atom is -0.358 e. The van der Waals surface area contributed by atoms with Crippen LogP contribution in [0.3, 0.4) is 0 Å². The van der Waals surface area contributed by atoms with Crippen LogP contribution < -0.4 is 4.72 Å². The third kappa shape index (κ3) is 2.16. The number of fused-ring (bicyclic) bond motifs is 1. The molecule has 0 aliphatic heterocycles. The second kappa shape index (κ2) is 4.91. The first kappa shape index (κ1) is 12.0. The van der Waals surface area contributed by atoms with Gasteiger partial charge in [-0.3, -0.25) is 0 Å². The molecule has 0 spiro atoms. The van der Waals surface area contributed by atoms with Crippen LogP contribution in [0.25, 0.3) is 10.9 Å². The van der Waals surface area contributed by atoms with Gasteiger partial charge in [0.15, 0.2) is 0 Å². The molecule has 0 aliphatic rings. The van der Waals surface area contributed by atoms with Gasteiger partial charge in [0.25, 0.3) is 0 Å². The summed E-state index contributed by atoms with van der Waals surface area (Å²) in [6, 6.07) is 4.97. The van der Waals surface area contributed by atoms with Crippen molar-refractivity contribution in [3.8, 4) is 6.07 Å². The molecule has 3 rings (SSSR count). The highest BCUT2D eigenvalue weighted by molar-refractivity contribution is 8.00. The predicted molar refractivity (Wildman–Crippen MR) is 74.6 cm³/mol. The van der Waals surface area contributed by atoms with Gasteiger partial charge in [-0.15, -0.1) is 0 Å². The van der Waals surface area contributed by atoms with Crippen molar-refractivity contribution in [2.75, 3.05) is 4.72 Å². The first-order valence-electron chi connectivity index (χ1n) is 5.31. The predicted octanol–water partition coefficient (Wildman–Crippen LogP) is 3.75. The summed E-state index contributed by atoms with van der Waals surface area (Å²) in [6.07, 6.45) is 3.26. The molecule has 0 saturated carbocycles. The summed E-state index contributed by atoms with van der Waals surface area (Å²) >= 11 is 2.76. The normalized spacial score (nSPS) is 10.5. The second-order valence-corrected chi connectivity index (χ2v) is 5.26. The van der Waals surface area contributed by atoms with Gasteiger partial charge >= 0.3 is 0 Å². The smallest absolute Gasteiger partial charge is 0.134 e. The van der Waals surface area contributed by atoms with Crippen LogP contribution in [0.4, 0.5) is 10.1 Å². The average Bonchev–Trinajstić information content (AvgIpc) is 3.07. The first-order valence-corrected chi connectivity index (χ1v) is 6.97. The molecule has 2 N–H and O–H groups in total. The molecular formula is C12H7FN4S2.